The summed E-state index contributed by atoms with van der Waals surface area (Å²) in [6.07, 6.45) is 6.79. The van der Waals surface area contributed by atoms with Crippen LogP contribution in [-0.2, 0) is 4.79 Å². The van der Waals surface area contributed by atoms with Gasteiger partial charge in [-0.15, -0.1) is 0 Å². The summed E-state index contributed by atoms with van der Waals surface area (Å²) in [7, 11) is 0. The number of aliphatic carboxylic acids is 1. The lowest BCUT2D eigenvalue weighted by molar-refractivity contribution is -0.151. The van der Waals surface area contributed by atoms with Crippen LogP contribution in [0.5, 0.6) is 0 Å². The molecule has 3 nitrogen and oxygen atoms in total. The van der Waals surface area contributed by atoms with Gasteiger partial charge in [-0.1, -0.05) is 20.3 Å². The maximum Gasteiger partial charge on any atom is 0.310 e. The van der Waals surface area contributed by atoms with Crippen molar-refractivity contribution in [3.05, 3.63) is 0 Å². The number of hydrogen-bond acceptors (Lipinski definition) is 2. The van der Waals surface area contributed by atoms with Crippen LogP contribution in [0, 0.1) is 29.1 Å². The first-order valence-electron chi connectivity index (χ1n) is 7.40. The second kappa shape index (κ2) is 5.20. The zero-order valence-corrected chi connectivity index (χ0v) is 11.7. The number of nitrogens with two attached hydrogens (primary N) is 1. The Balaban J connectivity index is 2.07. The van der Waals surface area contributed by atoms with Crippen molar-refractivity contribution in [3.8, 4) is 0 Å². The average Bonchev–Trinajstić information content (AvgIpc) is 2.88. The van der Waals surface area contributed by atoms with Crippen LogP contribution in [0.25, 0.3) is 0 Å². The molecule has 0 amide bonds. The van der Waals surface area contributed by atoms with Gasteiger partial charge < -0.3 is 10.8 Å². The highest BCUT2D eigenvalue weighted by Gasteiger charge is 2.46. The molecule has 2 aliphatic carbocycles. The van der Waals surface area contributed by atoms with E-state index in [0.717, 1.165) is 18.3 Å². The lowest BCUT2D eigenvalue weighted by Gasteiger charge is -2.35. The number of carboxylic acids is 1. The zero-order chi connectivity index (χ0) is 13.3. The van der Waals surface area contributed by atoms with E-state index in [1.807, 2.05) is 0 Å². The second-order valence-electron chi connectivity index (χ2n) is 7.03. The summed E-state index contributed by atoms with van der Waals surface area (Å²) in [4.78, 5) is 11.7. The van der Waals surface area contributed by atoms with Gasteiger partial charge in [-0.3, -0.25) is 4.79 Å². The monoisotopic (exact) mass is 253 g/mol. The van der Waals surface area contributed by atoms with E-state index < -0.39 is 11.4 Å². The van der Waals surface area contributed by atoms with Crippen molar-refractivity contribution >= 4 is 5.97 Å². The minimum atomic E-state index is -0.679. The van der Waals surface area contributed by atoms with Crippen LogP contribution >= 0.6 is 0 Å². The van der Waals surface area contributed by atoms with Crippen LogP contribution < -0.4 is 5.73 Å². The highest BCUT2D eigenvalue weighted by Crippen LogP contribution is 2.52. The van der Waals surface area contributed by atoms with E-state index in [4.69, 9.17) is 5.73 Å². The van der Waals surface area contributed by atoms with Crippen molar-refractivity contribution in [2.75, 3.05) is 6.54 Å². The van der Waals surface area contributed by atoms with Gasteiger partial charge in [0.25, 0.3) is 0 Å². The van der Waals surface area contributed by atoms with Gasteiger partial charge in [-0.2, -0.15) is 0 Å². The summed E-state index contributed by atoms with van der Waals surface area (Å²) in [6, 6.07) is 0. The Bertz CT molecular complexity index is 316. The average molecular weight is 253 g/mol. The third kappa shape index (κ3) is 2.56. The number of hydrogen-bond donors (Lipinski definition) is 2. The van der Waals surface area contributed by atoms with Crippen LogP contribution in [-0.4, -0.2) is 17.6 Å². The summed E-state index contributed by atoms with van der Waals surface area (Å²) in [5.41, 5.74) is 5.18. The summed E-state index contributed by atoms with van der Waals surface area (Å²) >= 11 is 0. The minimum Gasteiger partial charge on any atom is -0.481 e. The number of rotatable bonds is 6. The van der Waals surface area contributed by atoms with Gasteiger partial charge in [-0.05, 0) is 55.8 Å². The molecule has 0 heterocycles. The normalized spacial score (nSPS) is 33.9. The first-order valence-corrected chi connectivity index (χ1v) is 7.40. The Kier molecular flexibility index (Phi) is 4.00. The maximum atomic E-state index is 11.7. The number of carbonyl (C=O) groups is 1. The molecule has 2 bridgehead atoms. The van der Waals surface area contributed by atoms with E-state index in [1.165, 1.54) is 25.7 Å². The predicted molar refractivity (Wildman–Crippen MR) is 72.1 cm³/mol. The van der Waals surface area contributed by atoms with Crippen molar-refractivity contribution in [1.29, 1.82) is 0 Å². The van der Waals surface area contributed by atoms with Crippen LogP contribution in [0.4, 0.5) is 0 Å². The summed E-state index contributed by atoms with van der Waals surface area (Å²) in [5, 5.41) is 9.62. The van der Waals surface area contributed by atoms with E-state index in [-0.39, 0.29) is 6.54 Å². The SMILES string of the molecule is CC(C)CC(CN)(CC1CC2CCC1C2)C(=O)O. The minimum absolute atomic E-state index is 0.286. The van der Waals surface area contributed by atoms with E-state index in [9.17, 15) is 9.90 Å². The van der Waals surface area contributed by atoms with Crippen LogP contribution in [0.15, 0.2) is 0 Å². The fraction of sp³-hybridized carbons (Fsp3) is 0.933. The molecule has 2 saturated carbocycles. The molecule has 0 saturated heterocycles. The third-order valence-corrected chi connectivity index (χ3v) is 5.18. The molecule has 0 aromatic heterocycles. The maximum absolute atomic E-state index is 11.7. The molecule has 18 heavy (non-hydrogen) atoms. The quantitative estimate of drug-likeness (QED) is 0.765. The number of fused-ring (bicyclic) bond motifs is 2. The van der Waals surface area contributed by atoms with E-state index in [0.29, 0.717) is 18.3 Å². The highest BCUT2D eigenvalue weighted by atomic mass is 16.4. The lowest BCUT2D eigenvalue weighted by Crippen LogP contribution is -2.42. The fourth-order valence-electron chi connectivity index (χ4n) is 4.42. The van der Waals surface area contributed by atoms with Gasteiger partial charge in [0.2, 0.25) is 0 Å². The fourth-order valence-corrected chi connectivity index (χ4v) is 4.42. The first kappa shape index (κ1) is 13.9. The molecule has 2 fully saturated rings. The largest absolute Gasteiger partial charge is 0.481 e. The van der Waals surface area contributed by atoms with Gasteiger partial charge in [0, 0.05) is 6.54 Å². The van der Waals surface area contributed by atoms with Crippen LogP contribution in [0.2, 0.25) is 0 Å². The summed E-state index contributed by atoms with van der Waals surface area (Å²) < 4.78 is 0. The van der Waals surface area contributed by atoms with Gasteiger partial charge in [0.15, 0.2) is 0 Å². The van der Waals surface area contributed by atoms with Crippen molar-refractivity contribution in [1.82, 2.24) is 0 Å². The molecule has 2 rings (SSSR count). The lowest BCUT2D eigenvalue weighted by atomic mass is 9.70. The molecule has 0 aromatic carbocycles. The van der Waals surface area contributed by atoms with Gasteiger partial charge in [0.05, 0.1) is 5.41 Å². The smallest absolute Gasteiger partial charge is 0.310 e. The molecule has 104 valence electrons. The van der Waals surface area contributed by atoms with Crippen LogP contribution in [0.1, 0.15) is 52.4 Å². The Morgan fingerprint density at radius 2 is 2.11 bits per heavy atom. The zero-order valence-electron chi connectivity index (χ0n) is 11.7. The molecule has 2 aliphatic rings. The Morgan fingerprint density at radius 1 is 1.39 bits per heavy atom. The first-order chi connectivity index (χ1) is 8.47. The van der Waals surface area contributed by atoms with E-state index in [1.54, 1.807) is 0 Å². The molecule has 0 aliphatic heterocycles. The molecule has 4 unspecified atom stereocenters. The van der Waals surface area contributed by atoms with Crippen LogP contribution in [0.3, 0.4) is 0 Å². The summed E-state index contributed by atoms with van der Waals surface area (Å²) in [5.74, 6) is 1.99. The van der Waals surface area contributed by atoms with Gasteiger partial charge in [0.1, 0.15) is 0 Å². The van der Waals surface area contributed by atoms with Crippen molar-refractivity contribution in [2.45, 2.75) is 52.4 Å². The Hall–Kier alpha value is -0.570. The number of carboxylic acid groups (broad SMARTS) is 1. The molecular weight excluding hydrogens is 226 g/mol. The molecule has 0 radical (unpaired) electrons. The molecule has 0 spiro atoms. The van der Waals surface area contributed by atoms with Crippen molar-refractivity contribution in [2.24, 2.45) is 34.8 Å². The molecular formula is C15H27NO2. The second-order valence-corrected chi connectivity index (χ2v) is 7.03. The highest BCUT2D eigenvalue weighted by molar-refractivity contribution is 5.75. The van der Waals surface area contributed by atoms with Gasteiger partial charge >= 0.3 is 5.97 Å². The third-order valence-electron chi connectivity index (χ3n) is 5.18. The molecule has 3 heteroatoms. The molecule has 4 atom stereocenters. The van der Waals surface area contributed by atoms with Crippen molar-refractivity contribution in [3.63, 3.8) is 0 Å². The van der Waals surface area contributed by atoms with Gasteiger partial charge in [-0.25, -0.2) is 0 Å². The molecule has 0 aromatic rings. The topological polar surface area (TPSA) is 63.3 Å². The van der Waals surface area contributed by atoms with Crippen molar-refractivity contribution < 1.29 is 9.90 Å². The molecule has 3 N–H and O–H groups in total. The van der Waals surface area contributed by atoms with E-state index >= 15 is 0 Å². The Morgan fingerprint density at radius 3 is 2.50 bits per heavy atom. The van der Waals surface area contributed by atoms with E-state index in [2.05, 4.69) is 13.8 Å². The Labute approximate surface area is 110 Å². The predicted octanol–water partition coefficient (Wildman–Crippen LogP) is 2.89. The standard InChI is InChI=1S/C15H27NO2/c1-10(2)7-15(9-16,14(17)18)8-13-6-11-3-4-12(13)5-11/h10-13H,3-9,16H2,1-2H3,(H,17,18). The summed E-state index contributed by atoms with van der Waals surface area (Å²) in [6.45, 7) is 4.47.